The van der Waals surface area contributed by atoms with Gasteiger partial charge in [0.1, 0.15) is 5.84 Å². The van der Waals surface area contributed by atoms with Gasteiger partial charge in [0.25, 0.3) is 0 Å². The van der Waals surface area contributed by atoms with Gasteiger partial charge in [0, 0.05) is 6.20 Å². The molecule has 2 rings (SSSR count). The minimum atomic E-state index is 0.185. The van der Waals surface area contributed by atoms with Gasteiger partial charge in [0.05, 0.1) is 0 Å². The molecule has 0 aromatic carbocycles. The van der Waals surface area contributed by atoms with Crippen molar-refractivity contribution in [2.75, 3.05) is 0 Å². The Morgan fingerprint density at radius 2 is 2.50 bits per heavy atom. The van der Waals surface area contributed by atoms with Crippen LogP contribution in [0.3, 0.4) is 0 Å². The Morgan fingerprint density at radius 1 is 1.60 bits per heavy atom. The molecular weight excluding hydrogens is 126 g/mol. The van der Waals surface area contributed by atoms with E-state index in [1.807, 2.05) is 36.4 Å². The summed E-state index contributed by atoms with van der Waals surface area (Å²) in [4.78, 5) is 4.30. The van der Waals surface area contributed by atoms with Gasteiger partial charge in [-0.2, -0.15) is 0 Å². The molecule has 2 aliphatic heterocycles. The van der Waals surface area contributed by atoms with Crippen LogP contribution in [0.1, 0.15) is 6.92 Å². The number of amidine groups is 1. The normalized spacial score (nSPS) is 27.9. The lowest BCUT2D eigenvalue weighted by Gasteiger charge is -2.20. The summed E-state index contributed by atoms with van der Waals surface area (Å²) in [5.41, 5.74) is 3.10. The second kappa shape index (κ2) is 1.87. The van der Waals surface area contributed by atoms with E-state index < -0.39 is 0 Å². The number of hydrogen-bond acceptors (Lipinski definition) is 3. The summed E-state index contributed by atoms with van der Waals surface area (Å²) >= 11 is 0. The largest absolute Gasteiger partial charge is 0.284 e. The number of aliphatic imine (C=N–C) groups is 1. The van der Waals surface area contributed by atoms with Crippen molar-refractivity contribution < 1.29 is 0 Å². The molecule has 0 radical (unpaired) electrons. The molecule has 0 aromatic heterocycles. The first-order valence-corrected chi connectivity index (χ1v) is 3.31. The van der Waals surface area contributed by atoms with Crippen LogP contribution in [0.15, 0.2) is 29.4 Å². The van der Waals surface area contributed by atoms with Gasteiger partial charge < -0.3 is 0 Å². The quantitative estimate of drug-likeness (QED) is 0.527. The molecule has 0 spiro atoms. The number of hydrogen-bond donors (Lipinski definition) is 1. The van der Waals surface area contributed by atoms with E-state index in [1.54, 1.807) is 0 Å². The summed E-state index contributed by atoms with van der Waals surface area (Å²) in [5.74, 6) is 0.973. The smallest absolute Gasteiger partial charge is 0.160 e. The molecule has 10 heavy (non-hydrogen) atoms. The molecule has 0 saturated carbocycles. The average molecular weight is 135 g/mol. The van der Waals surface area contributed by atoms with Crippen molar-refractivity contribution in [1.82, 2.24) is 10.4 Å². The zero-order valence-corrected chi connectivity index (χ0v) is 5.78. The van der Waals surface area contributed by atoms with Crippen LogP contribution < -0.4 is 5.43 Å². The fourth-order valence-corrected chi connectivity index (χ4v) is 1.11. The summed E-state index contributed by atoms with van der Waals surface area (Å²) < 4.78 is 0. The number of nitrogens with zero attached hydrogens (tertiary/aromatic N) is 2. The zero-order chi connectivity index (χ0) is 6.97. The Kier molecular flexibility index (Phi) is 1.03. The molecule has 3 heteroatoms. The van der Waals surface area contributed by atoms with Crippen molar-refractivity contribution in [2.24, 2.45) is 4.99 Å². The summed E-state index contributed by atoms with van der Waals surface area (Å²) in [6, 6.07) is 0. The van der Waals surface area contributed by atoms with Crippen LogP contribution in [0, 0.1) is 0 Å². The molecule has 52 valence electrons. The van der Waals surface area contributed by atoms with Gasteiger partial charge in [-0.25, -0.2) is 4.99 Å². The zero-order valence-electron chi connectivity index (χ0n) is 5.78. The van der Waals surface area contributed by atoms with Crippen LogP contribution >= 0.6 is 0 Å². The third kappa shape index (κ3) is 0.708. The first-order valence-electron chi connectivity index (χ1n) is 3.31. The molecule has 0 amide bonds. The first-order chi connectivity index (χ1) is 4.86. The number of hydrazine groups is 1. The monoisotopic (exact) mass is 135 g/mol. The lowest BCUT2D eigenvalue weighted by atomic mass is 10.3. The predicted molar refractivity (Wildman–Crippen MR) is 40.2 cm³/mol. The Hall–Kier alpha value is -1.25. The first kappa shape index (κ1) is 5.53. The fraction of sp³-hybridized carbons (Fsp3) is 0.286. The summed E-state index contributed by atoms with van der Waals surface area (Å²) in [5, 5.41) is 1.97. The highest BCUT2D eigenvalue weighted by Crippen LogP contribution is 2.11. The fourth-order valence-electron chi connectivity index (χ4n) is 1.11. The molecular formula is C7H9N3. The molecule has 1 unspecified atom stereocenters. The molecule has 1 atom stereocenters. The third-order valence-electron chi connectivity index (χ3n) is 1.54. The minimum Gasteiger partial charge on any atom is -0.284 e. The molecule has 0 bridgehead atoms. The Morgan fingerprint density at radius 3 is 3.30 bits per heavy atom. The molecule has 0 aromatic rings. The number of nitrogens with one attached hydrogen (secondary N) is 1. The molecule has 0 fully saturated rings. The van der Waals surface area contributed by atoms with Crippen molar-refractivity contribution in [2.45, 2.75) is 13.1 Å². The van der Waals surface area contributed by atoms with E-state index in [1.165, 1.54) is 0 Å². The van der Waals surface area contributed by atoms with Gasteiger partial charge in [-0.1, -0.05) is 6.08 Å². The van der Waals surface area contributed by atoms with Crippen LogP contribution in [0.5, 0.6) is 0 Å². The Balaban J connectivity index is 2.24. The summed E-state index contributed by atoms with van der Waals surface area (Å²) in [6.07, 6.45) is 8.20. The van der Waals surface area contributed by atoms with Gasteiger partial charge >= 0.3 is 0 Å². The van der Waals surface area contributed by atoms with Crippen molar-refractivity contribution >= 4 is 5.84 Å². The van der Waals surface area contributed by atoms with Crippen molar-refractivity contribution in [1.29, 1.82) is 0 Å². The van der Waals surface area contributed by atoms with E-state index in [0.717, 1.165) is 5.84 Å². The number of fused-ring (bicyclic) bond motifs is 1. The lowest BCUT2D eigenvalue weighted by Crippen LogP contribution is -2.35. The highest BCUT2D eigenvalue weighted by molar-refractivity contribution is 5.80. The van der Waals surface area contributed by atoms with E-state index in [2.05, 4.69) is 10.4 Å². The number of rotatable bonds is 0. The molecule has 1 N–H and O–H groups in total. The van der Waals surface area contributed by atoms with Crippen molar-refractivity contribution in [3.63, 3.8) is 0 Å². The SMILES string of the molecule is CC1=NC2C=CC=CN2N1. The van der Waals surface area contributed by atoms with E-state index >= 15 is 0 Å². The van der Waals surface area contributed by atoms with Crippen molar-refractivity contribution in [3.05, 3.63) is 24.4 Å². The van der Waals surface area contributed by atoms with E-state index in [-0.39, 0.29) is 6.17 Å². The Labute approximate surface area is 59.7 Å². The van der Waals surface area contributed by atoms with Gasteiger partial charge in [-0.05, 0) is 19.1 Å². The van der Waals surface area contributed by atoms with Crippen LogP contribution in [0.4, 0.5) is 0 Å². The molecule has 2 heterocycles. The van der Waals surface area contributed by atoms with Gasteiger partial charge in [-0.3, -0.25) is 10.4 Å². The molecule has 0 saturated heterocycles. The van der Waals surface area contributed by atoms with E-state index in [0.29, 0.717) is 0 Å². The second-order valence-corrected chi connectivity index (χ2v) is 2.37. The number of allylic oxidation sites excluding steroid dienone is 2. The molecule has 2 aliphatic rings. The van der Waals surface area contributed by atoms with E-state index in [4.69, 9.17) is 0 Å². The maximum atomic E-state index is 4.30. The van der Waals surface area contributed by atoms with Crippen LogP contribution in [0.2, 0.25) is 0 Å². The maximum Gasteiger partial charge on any atom is 0.160 e. The van der Waals surface area contributed by atoms with Gasteiger partial charge in [0.15, 0.2) is 6.17 Å². The summed E-state index contributed by atoms with van der Waals surface area (Å²) in [6.45, 7) is 1.96. The van der Waals surface area contributed by atoms with E-state index in [9.17, 15) is 0 Å². The standard InChI is InChI=1S/C7H9N3/c1-6-8-7-4-2-3-5-10(7)9-6/h2-5,7H,1H3,(H,8,9). The van der Waals surface area contributed by atoms with Gasteiger partial charge in [0.2, 0.25) is 0 Å². The maximum absolute atomic E-state index is 4.30. The highest BCUT2D eigenvalue weighted by atomic mass is 15.6. The second-order valence-electron chi connectivity index (χ2n) is 2.37. The average Bonchev–Trinajstić information content (AvgIpc) is 2.27. The summed E-state index contributed by atoms with van der Waals surface area (Å²) in [7, 11) is 0. The highest BCUT2D eigenvalue weighted by Gasteiger charge is 2.18. The van der Waals surface area contributed by atoms with Crippen LogP contribution in [-0.4, -0.2) is 17.0 Å². The molecule has 3 nitrogen and oxygen atoms in total. The van der Waals surface area contributed by atoms with Gasteiger partial charge in [-0.15, -0.1) is 0 Å². The third-order valence-corrected chi connectivity index (χ3v) is 1.54. The molecule has 0 aliphatic carbocycles. The Bertz CT molecular complexity index is 227. The topological polar surface area (TPSA) is 27.6 Å². The minimum absolute atomic E-state index is 0.185. The lowest BCUT2D eigenvalue weighted by molar-refractivity contribution is 0.314. The van der Waals surface area contributed by atoms with Crippen LogP contribution in [0.25, 0.3) is 0 Å². The predicted octanol–water partition coefficient (Wildman–Crippen LogP) is 0.635. The van der Waals surface area contributed by atoms with Crippen molar-refractivity contribution in [3.8, 4) is 0 Å². The van der Waals surface area contributed by atoms with Crippen LogP contribution in [-0.2, 0) is 0 Å².